The number of nitrogens with zero attached hydrogens (tertiary/aromatic N) is 1. The number of pyridine rings is 1. The van der Waals surface area contributed by atoms with Gasteiger partial charge in [-0.05, 0) is 37.2 Å². The summed E-state index contributed by atoms with van der Waals surface area (Å²) in [5, 5.41) is 1.16. The maximum atomic E-state index is 6.20. The number of hydrogen-bond donors (Lipinski definition) is 0. The molecule has 1 aromatic carbocycles. The average molecular weight is 287 g/mol. The highest BCUT2D eigenvalue weighted by atomic mass is 28.4. The van der Waals surface area contributed by atoms with E-state index in [0.29, 0.717) is 13.2 Å². The molecule has 1 heterocycles. The molecule has 0 aliphatic carbocycles. The molecular weight excluding hydrogens is 266 g/mol. The highest BCUT2D eigenvalue weighted by Gasteiger charge is 2.33. The van der Waals surface area contributed by atoms with E-state index in [2.05, 4.69) is 23.7 Å². The first-order chi connectivity index (χ1) is 9.65. The normalized spacial score (nSPS) is 13.9. The summed E-state index contributed by atoms with van der Waals surface area (Å²) in [7, 11) is -2.36. The Labute approximate surface area is 121 Å². The predicted octanol–water partition coefficient (Wildman–Crippen LogP) is 2.92. The molecule has 2 rings (SSSR count). The molecule has 4 heteroatoms. The van der Waals surface area contributed by atoms with Gasteiger partial charge in [0.05, 0.1) is 6.61 Å². The quantitative estimate of drug-likeness (QED) is 0.766. The van der Waals surface area contributed by atoms with Crippen molar-refractivity contribution in [1.82, 2.24) is 4.98 Å². The molecule has 1 atom stereocenters. The van der Waals surface area contributed by atoms with Gasteiger partial charge in [-0.3, -0.25) is 4.98 Å². The molecule has 2 aromatic rings. The lowest BCUT2D eigenvalue weighted by Crippen LogP contribution is -2.50. The zero-order chi connectivity index (χ0) is 14.4. The summed E-state index contributed by atoms with van der Waals surface area (Å²) in [6.07, 6.45) is 1.80. The van der Waals surface area contributed by atoms with Crippen LogP contribution in [0, 0.1) is 6.92 Å². The largest absolute Gasteiger partial charge is 0.391 e. The van der Waals surface area contributed by atoms with E-state index in [1.165, 1.54) is 0 Å². The van der Waals surface area contributed by atoms with Crippen molar-refractivity contribution in [3.63, 3.8) is 0 Å². The third-order valence-electron chi connectivity index (χ3n) is 3.34. The maximum Gasteiger partial charge on any atom is 0.369 e. The first-order valence-corrected chi connectivity index (χ1v) is 9.21. The third kappa shape index (κ3) is 3.54. The van der Waals surface area contributed by atoms with Crippen LogP contribution in [-0.4, -0.2) is 20.2 Å². The predicted molar refractivity (Wildman–Crippen MR) is 83.1 cm³/mol. The van der Waals surface area contributed by atoms with Crippen LogP contribution in [0.1, 0.15) is 18.2 Å². The number of aryl methyl sites for hydroxylation is 1. The number of rotatable bonds is 6. The minimum absolute atomic E-state index is 0.539. The van der Waals surface area contributed by atoms with E-state index in [4.69, 9.17) is 8.85 Å². The summed E-state index contributed by atoms with van der Waals surface area (Å²) in [6.45, 7) is 7.30. The summed E-state index contributed by atoms with van der Waals surface area (Å²) in [5.74, 6) is 0. The van der Waals surface area contributed by atoms with Crippen molar-refractivity contribution in [2.24, 2.45) is 0 Å². The van der Waals surface area contributed by atoms with Gasteiger partial charge in [-0.25, -0.2) is 0 Å². The van der Waals surface area contributed by atoms with E-state index in [-0.39, 0.29) is 0 Å². The fraction of sp³-hybridized carbons (Fsp3) is 0.312. The minimum atomic E-state index is -2.36. The highest BCUT2D eigenvalue weighted by molar-refractivity contribution is 6.79. The molecule has 0 radical (unpaired) electrons. The fourth-order valence-corrected chi connectivity index (χ4v) is 4.31. The van der Waals surface area contributed by atoms with E-state index >= 15 is 0 Å². The Hall–Kier alpha value is -1.49. The standard InChI is InChI=1S/C16H21NO2Si/c1-4-18-20(3,16-10-6-5-7-11-16)19-13-15-9-8-12-17-14(15)2/h5-12H,4,13H2,1-3H3. The zero-order valence-electron chi connectivity index (χ0n) is 12.3. The molecule has 1 unspecified atom stereocenters. The summed E-state index contributed by atoms with van der Waals surface area (Å²) in [5.41, 5.74) is 2.12. The SMILES string of the molecule is CCO[Si](C)(OCc1cccnc1C)c1ccccc1. The van der Waals surface area contributed by atoms with Crippen LogP contribution in [0.3, 0.4) is 0 Å². The lowest BCUT2D eigenvalue weighted by Gasteiger charge is -2.27. The van der Waals surface area contributed by atoms with Gasteiger partial charge in [-0.1, -0.05) is 36.4 Å². The van der Waals surface area contributed by atoms with Crippen LogP contribution in [0.15, 0.2) is 48.7 Å². The first-order valence-electron chi connectivity index (χ1n) is 6.89. The van der Waals surface area contributed by atoms with E-state index < -0.39 is 8.56 Å². The molecule has 3 nitrogen and oxygen atoms in total. The molecule has 1 aromatic heterocycles. The van der Waals surface area contributed by atoms with Gasteiger partial charge in [0, 0.05) is 18.5 Å². The second-order valence-electron chi connectivity index (χ2n) is 4.78. The lowest BCUT2D eigenvalue weighted by atomic mass is 10.2. The van der Waals surface area contributed by atoms with Crippen molar-refractivity contribution in [3.8, 4) is 0 Å². The van der Waals surface area contributed by atoms with Crippen LogP contribution in [-0.2, 0) is 15.5 Å². The van der Waals surface area contributed by atoms with Crippen LogP contribution < -0.4 is 5.19 Å². The summed E-state index contributed by atoms with van der Waals surface area (Å²) in [6, 6.07) is 14.2. The van der Waals surface area contributed by atoms with Gasteiger partial charge in [-0.15, -0.1) is 0 Å². The Morgan fingerprint density at radius 1 is 1.05 bits per heavy atom. The van der Waals surface area contributed by atoms with E-state index in [1.807, 2.05) is 44.2 Å². The Morgan fingerprint density at radius 3 is 2.45 bits per heavy atom. The third-order valence-corrected chi connectivity index (χ3v) is 6.25. The zero-order valence-corrected chi connectivity index (χ0v) is 13.3. The van der Waals surface area contributed by atoms with Crippen LogP contribution in [0.25, 0.3) is 0 Å². The second-order valence-corrected chi connectivity index (χ2v) is 7.83. The molecule has 0 spiro atoms. The first kappa shape index (κ1) is 14.9. The minimum Gasteiger partial charge on any atom is -0.391 e. The Bertz CT molecular complexity index is 547. The molecule has 20 heavy (non-hydrogen) atoms. The Kier molecular flexibility index (Phi) is 5.06. The monoisotopic (exact) mass is 287 g/mol. The smallest absolute Gasteiger partial charge is 0.369 e. The number of hydrogen-bond acceptors (Lipinski definition) is 3. The Balaban J connectivity index is 2.16. The van der Waals surface area contributed by atoms with E-state index in [9.17, 15) is 0 Å². The van der Waals surface area contributed by atoms with Crippen molar-refractivity contribution < 1.29 is 8.85 Å². The van der Waals surface area contributed by atoms with Gasteiger partial charge in [0.15, 0.2) is 0 Å². The number of aromatic nitrogens is 1. The van der Waals surface area contributed by atoms with Crippen LogP contribution in [0.4, 0.5) is 0 Å². The molecule has 0 saturated heterocycles. The van der Waals surface area contributed by atoms with Crippen molar-refractivity contribution in [2.75, 3.05) is 6.61 Å². The molecule has 106 valence electrons. The van der Waals surface area contributed by atoms with Crippen molar-refractivity contribution in [3.05, 3.63) is 59.9 Å². The fourth-order valence-electron chi connectivity index (χ4n) is 2.11. The highest BCUT2D eigenvalue weighted by Crippen LogP contribution is 2.13. The number of benzene rings is 1. The molecular formula is C16H21NO2Si. The van der Waals surface area contributed by atoms with Gasteiger partial charge in [-0.2, -0.15) is 0 Å². The molecule has 0 aliphatic heterocycles. The summed E-state index contributed by atoms with van der Waals surface area (Å²) in [4.78, 5) is 4.29. The van der Waals surface area contributed by atoms with Gasteiger partial charge in [0.1, 0.15) is 0 Å². The van der Waals surface area contributed by atoms with Gasteiger partial charge in [0.25, 0.3) is 0 Å². The molecule has 0 fully saturated rings. The van der Waals surface area contributed by atoms with E-state index in [0.717, 1.165) is 16.4 Å². The summed E-state index contributed by atoms with van der Waals surface area (Å²) >= 11 is 0. The van der Waals surface area contributed by atoms with Gasteiger partial charge < -0.3 is 8.85 Å². The van der Waals surface area contributed by atoms with Crippen molar-refractivity contribution in [2.45, 2.75) is 27.0 Å². The van der Waals surface area contributed by atoms with Gasteiger partial charge in [0.2, 0.25) is 0 Å². The van der Waals surface area contributed by atoms with Crippen molar-refractivity contribution >= 4 is 13.7 Å². The Morgan fingerprint density at radius 2 is 1.80 bits per heavy atom. The van der Waals surface area contributed by atoms with Crippen LogP contribution in [0.5, 0.6) is 0 Å². The average Bonchev–Trinajstić information content (AvgIpc) is 2.48. The topological polar surface area (TPSA) is 31.4 Å². The van der Waals surface area contributed by atoms with Crippen molar-refractivity contribution in [1.29, 1.82) is 0 Å². The lowest BCUT2D eigenvalue weighted by molar-refractivity contribution is 0.185. The van der Waals surface area contributed by atoms with E-state index in [1.54, 1.807) is 6.20 Å². The molecule has 0 saturated carbocycles. The molecule has 0 amide bonds. The maximum absolute atomic E-state index is 6.20. The second kappa shape index (κ2) is 6.79. The molecule has 0 aliphatic rings. The summed E-state index contributed by atoms with van der Waals surface area (Å²) < 4.78 is 12.2. The van der Waals surface area contributed by atoms with Crippen LogP contribution >= 0.6 is 0 Å². The van der Waals surface area contributed by atoms with Crippen LogP contribution in [0.2, 0.25) is 6.55 Å². The molecule has 0 bridgehead atoms. The van der Waals surface area contributed by atoms with Gasteiger partial charge >= 0.3 is 8.56 Å². The molecule has 0 N–H and O–H groups in total.